The van der Waals surface area contributed by atoms with Crippen LogP contribution in [0.15, 0.2) is 24.3 Å². The number of unbranched alkanes of at least 4 members (excludes halogenated alkanes) is 45. The predicted octanol–water partition coefficient (Wildman–Crippen LogP) is 20.6. The topological polar surface area (TPSA) is 134 Å². The number of allylic oxidation sites excluding steroid dienone is 4. The molecule has 0 saturated carbocycles. The molecule has 0 aliphatic carbocycles. The van der Waals surface area contributed by atoms with Crippen molar-refractivity contribution in [2.24, 2.45) is 5.73 Å². The predicted molar refractivity (Wildman–Crippen MR) is 317 cm³/mol. The average Bonchev–Trinajstić information content (AvgIpc) is 3.39. The molecule has 2 unspecified atom stereocenters. The molecule has 0 saturated heterocycles. The summed E-state index contributed by atoms with van der Waals surface area (Å²) in [7, 11) is -4.38. The number of phosphoric ester groups is 1. The van der Waals surface area contributed by atoms with E-state index in [-0.39, 0.29) is 38.6 Å². The van der Waals surface area contributed by atoms with E-state index in [1.54, 1.807) is 0 Å². The van der Waals surface area contributed by atoms with Crippen LogP contribution in [0, 0.1) is 0 Å². The van der Waals surface area contributed by atoms with Crippen LogP contribution in [-0.2, 0) is 32.7 Å². The lowest BCUT2D eigenvalue weighted by Crippen LogP contribution is -2.29. The first kappa shape index (κ1) is 72.5. The lowest BCUT2D eigenvalue weighted by molar-refractivity contribution is -0.161. The van der Waals surface area contributed by atoms with Gasteiger partial charge in [0.2, 0.25) is 0 Å². The third-order valence-corrected chi connectivity index (χ3v) is 15.6. The number of hydrogen-bond donors (Lipinski definition) is 2. The molecule has 0 aromatic rings. The third-order valence-electron chi connectivity index (χ3n) is 14.6. The Hall–Kier alpha value is -1.51. The lowest BCUT2D eigenvalue weighted by atomic mass is 10.0. The Balaban J connectivity index is 3.66. The molecular formula is C64H124NO8P. The minimum atomic E-state index is -4.38. The summed E-state index contributed by atoms with van der Waals surface area (Å²) in [5.74, 6) is -0.830. The van der Waals surface area contributed by atoms with E-state index < -0.39 is 26.5 Å². The first-order chi connectivity index (χ1) is 36.3. The zero-order valence-electron chi connectivity index (χ0n) is 49.1. The van der Waals surface area contributed by atoms with Gasteiger partial charge in [-0.1, -0.05) is 314 Å². The molecule has 0 heterocycles. The van der Waals surface area contributed by atoms with Crippen molar-refractivity contribution in [3.05, 3.63) is 24.3 Å². The lowest BCUT2D eigenvalue weighted by Gasteiger charge is -2.19. The van der Waals surface area contributed by atoms with Gasteiger partial charge in [-0.05, 0) is 38.5 Å². The summed E-state index contributed by atoms with van der Waals surface area (Å²) in [5, 5.41) is 0. The molecule has 9 nitrogen and oxygen atoms in total. The van der Waals surface area contributed by atoms with E-state index in [0.717, 1.165) is 64.2 Å². The molecule has 74 heavy (non-hydrogen) atoms. The molecule has 0 aromatic heterocycles. The molecule has 10 heteroatoms. The maximum Gasteiger partial charge on any atom is 0.472 e. The van der Waals surface area contributed by atoms with Crippen LogP contribution in [0.1, 0.15) is 341 Å². The molecule has 0 spiro atoms. The monoisotopic (exact) mass is 1070 g/mol. The summed E-state index contributed by atoms with van der Waals surface area (Å²) in [5.41, 5.74) is 5.37. The summed E-state index contributed by atoms with van der Waals surface area (Å²) >= 11 is 0. The van der Waals surface area contributed by atoms with Crippen LogP contribution in [0.2, 0.25) is 0 Å². The molecule has 0 rings (SSSR count). The third kappa shape index (κ3) is 59.7. The number of carbonyl (C=O) groups is 2. The second-order valence-corrected chi connectivity index (χ2v) is 23.4. The van der Waals surface area contributed by atoms with E-state index in [2.05, 4.69) is 38.2 Å². The summed E-state index contributed by atoms with van der Waals surface area (Å²) in [6.45, 7) is 3.71. The van der Waals surface area contributed by atoms with Gasteiger partial charge in [-0.3, -0.25) is 18.6 Å². The second kappa shape index (κ2) is 60.7. The van der Waals surface area contributed by atoms with Crippen LogP contribution < -0.4 is 5.73 Å². The van der Waals surface area contributed by atoms with Gasteiger partial charge in [0.25, 0.3) is 0 Å². The minimum absolute atomic E-state index is 0.0528. The van der Waals surface area contributed by atoms with E-state index in [4.69, 9.17) is 24.3 Å². The van der Waals surface area contributed by atoms with Crippen LogP contribution in [0.4, 0.5) is 0 Å². The van der Waals surface area contributed by atoms with Gasteiger partial charge in [0, 0.05) is 19.4 Å². The summed E-state index contributed by atoms with van der Waals surface area (Å²) in [6, 6.07) is 0. The average molecular weight is 1070 g/mol. The van der Waals surface area contributed by atoms with Crippen molar-refractivity contribution in [3.63, 3.8) is 0 Å². The van der Waals surface area contributed by atoms with Crippen LogP contribution in [0.3, 0.4) is 0 Å². The van der Waals surface area contributed by atoms with Gasteiger partial charge in [-0.2, -0.15) is 0 Å². The first-order valence-electron chi connectivity index (χ1n) is 32.3. The molecular weight excluding hydrogens is 942 g/mol. The summed E-state index contributed by atoms with van der Waals surface area (Å²) in [6.07, 6.45) is 73.1. The Labute approximate surface area is 459 Å². The fourth-order valence-electron chi connectivity index (χ4n) is 9.80. The van der Waals surface area contributed by atoms with Gasteiger partial charge < -0.3 is 20.1 Å². The Bertz CT molecular complexity index is 1260. The number of carbonyl (C=O) groups excluding carboxylic acids is 2. The molecule has 0 fully saturated rings. The Kier molecular flexibility index (Phi) is 59.5. The normalized spacial score (nSPS) is 13.1. The van der Waals surface area contributed by atoms with Gasteiger partial charge in [-0.15, -0.1) is 0 Å². The van der Waals surface area contributed by atoms with Crippen LogP contribution >= 0.6 is 7.82 Å². The standard InChI is InChI=1S/C64H124NO8P/c1-3-5-7-9-11-13-15-17-18-19-20-21-22-23-24-25-26-27-28-29-30-31-32-33-34-35-36-37-38-39-40-41-42-43-45-46-48-50-52-54-56-63(66)70-60-62(61-72-74(68,69)71-59-58-65)73-64(67)57-55-53-51-49-47-44-16-14-12-10-8-6-4-2/h8,10,14,16,62H,3-7,9,11-13,15,17-61,65H2,1-2H3,(H,68,69)/b10-8-,16-14-. The van der Waals surface area contributed by atoms with Gasteiger partial charge >= 0.3 is 19.8 Å². The van der Waals surface area contributed by atoms with Crippen molar-refractivity contribution in [2.45, 2.75) is 347 Å². The van der Waals surface area contributed by atoms with Gasteiger partial charge in [-0.25, -0.2) is 4.57 Å². The summed E-state index contributed by atoms with van der Waals surface area (Å²) in [4.78, 5) is 35.1. The molecule has 2 atom stereocenters. The molecule has 3 N–H and O–H groups in total. The van der Waals surface area contributed by atoms with Crippen LogP contribution in [-0.4, -0.2) is 49.3 Å². The zero-order valence-corrected chi connectivity index (χ0v) is 50.0. The molecule has 0 amide bonds. The number of hydrogen-bond acceptors (Lipinski definition) is 8. The van der Waals surface area contributed by atoms with E-state index in [0.29, 0.717) is 6.42 Å². The zero-order chi connectivity index (χ0) is 53.8. The molecule has 0 bridgehead atoms. The highest BCUT2D eigenvalue weighted by Crippen LogP contribution is 2.43. The molecule has 0 aliphatic rings. The van der Waals surface area contributed by atoms with Gasteiger partial charge in [0.15, 0.2) is 6.10 Å². The van der Waals surface area contributed by atoms with Crippen LogP contribution in [0.5, 0.6) is 0 Å². The van der Waals surface area contributed by atoms with E-state index in [9.17, 15) is 19.0 Å². The second-order valence-electron chi connectivity index (χ2n) is 22.0. The first-order valence-corrected chi connectivity index (χ1v) is 33.8. The smallest absolute Gasteiger partial charge is 0.462 e. The number of ether oxygens (including phenoxy) is 2. The minimum Gasteiger partial charge on any atom is -0.462 e. The van der Waals surface area contributed by atoms with Crippen molar-refractivity contribution in [1.82, 2.24) is 0 Å². The summed E-state index contributed by atoms with van der Waals surface area (Å²) < 4.78 is 33.0. The molecule has 0 radical (unpaired) electrons. The van der Waals surface area contributed by atoms with Crippen molar-refractivity contribution in [3.8, 4) is 0 Å². The number of esters is 2. The van der Waals surface area contributed by atoms with E-state index >= 15 is 0 Å². The van der Waals surface area contributed by atoms with E-state index in [1.165, 1.54) is 244 Å². The Morgan fingerprint density at radius 1 is 0.405 bits per heavy atom. The number of phosphoric acid groups is 1. The van der Waals surface area contributed by atoms with Crippen molar-refractivity contribution in [1.29, 1.82) is 0 Å². The number of nitrogens with two attached hydrogens (primary N) is 1. The molecule has 0 aliphatic heterocycles. The van der Waals surface area contributed by atoms with Gasteiger partial charge in [0.1, 0.15) is 6.61 Å². The Morgan fingerprint density at radius 3 is 1.08 bits per heavy atom. The molecule has 0 aromatic carbocycles. The highest BCUT2D eigenvalue weighted by molar-refractivity contribution is 7.47. The maximum absolute atomic E-state index is 12.6. The van der Waals surface area contributed by atoms with E-state index in [1.807, 2.05) is 0 Å². The molecule has 438 valence electrons. The SMILES string of the molecule is CCC/C=C\C/C=C\CCCCCCCC(=O)OC(COC(=O)CCCCCCCCCCCCCCCCCCCCCCCCCCCCCCCCCCCCCCCCCC)COP(=O)(O)OCCN. The quantitative estimate of drug-likeness (QED) is 0.0264. The van der Waals surface area contributed by atoms with Crippen molar-refractivity contribution >= 4 is 19.8 Å². The number of rotatable bonds is 62. The van der Waals surface area contributed by atoms with Gasteiger partial charge in [0.05, 0.1) is 13.2 Å². The van der Waals surface area contributed by atoms with Crippen LogP contribution in [0.25, 0.3) is 0 Å². The maximum atomic E-state index is 12.6. The van der Waals surface area contributed by atoms with Crippen molar-refractivity contribution < 1.29 is 37.6 Å². The highest BCUT2D eigenvalue weighted by Gasteiger charge is 2.26. The Morgan fingerprint density at radius 2 is 0.730 bits per heavy atom. The fourth-order valence-corrected chi connectivity index (χ4v) is 10.6. The largest absolute Gasteiger partial charge is 0.472 e. The fraction of sp³-hybridized carbons (Fsp3) is 0.906. The highest BCUT2D eigenvalue weighted by atomic mass is 31.2. The van der Waals surface area contributed by atoms with Crippen molar-refractivity contribution in [2.75, 3.05) is 26.4 Å².